The van der Waals surface area contributed by atoms with E-state index in [1.54, 1.807) is 0 Å². The summed E-state index contributed by atoms with van der Waals surface area (Å²) in [7, 11) is 2.78. The van der Waals surface area contributed by atoms with Crippen LogP contribution in [0.4, 0.5) is 4.79 Å². The number of ether oxygens (including phenoxy) is 3. The molecule has 0 bridgehead atoms. The number of benzene rings is 2. The van der Waals surface area contributed by atoms with Crippen LogP contribution in [0.5, 0.6) is 0 Å². The van der Waals surface area contributed by atoms with E-state index < -0.39 is 5.60 Å². The molecule has 8 heteroatoms. The van der Waals surface area contributed by atoms with Crippen molar-refractivity contribution in [3.8, 4) is 0 Å². The average molecular weight is 554 g/mol. The third-order valence-corrected chi connectivity index (χ3v) is 7.46. The van der Waals surface area contributed by atoms with E-state index in [1.807, 2.05) is 69.3 Å². The molecule has 1 atom stereocenters. The van der Waals surface area contributed by atoms with Gasteiger partial charge in [-0.3, -0.25) is 0 Å². The lowest BCUT2D eigenvalue weighted by Gasteiger charge is -2.45. The maximum absolute atomic E-state index is 12.5. The number of piperidine rings is 1. The minimum Gasteiger partial charge on any atom is -0.465 e. The monoisotopic (exact) mass is 553 g/mol. The van der Waals surface area contributed by atoms with Crippen LogP contribution in [0, 0.1) is 0 Å². The Labute approximate surface area is 238 Å². The number of rotatable bonds is 11. The lowest BCUT2D eigenvalue weighted by atomic mass is 9.99. The van der Waals surface area contributed by atoms with Gasteiger partial charge in [-0.05, 0) is 81.8 Å². The maximum atomic E-state index is 12.5. The first kappa shape index (κ1) is 31.1. The van der Waals surface area contributed by atoms with Crippen LogP contribution in [0.2, 0.25) is 0 Å². The van der Waals surface area contributed by atoms with Crippen molar-refractivity contribution in [2.24, 2.45) is 0 Å². The molecule has 1 amide bonds. The fourth-order valence-electron chi connectivity index (χ4n) is 5.52. The van der Waals surface area contributed by atoms with Crippen LogP contribution in [0.15, 0.2) is 48.5 Å². The van der Waals surface area contributed by atoms with E-state index in [9.17, 15) is 14.4 Å². The summed E-state index contributed by atoms with van der Waals surface area (Å²) in [5.41, 5.74) is 2.97. The van der Waals surface area contributed by atoms with Crippen molar-refractivity contribution in [3.05, 3.63) is 70.8 Å². The predicted molar refractivity (Wildman–Crippen MR) is 154 cm³/mol. The van der Waals surface area contributed by atoms with E-state index in [0.29, 0.717) is 11.1 Å². The van der Waals surface area contributed by atoms with Crippen LogP contribution in [0.25, 0.3) is 0 Å². The number of esters is 2. The number of aryl methyl sites for hydroxylation is 2. The first-order chi connectivity index (χ1) is 19.0. The molecule has 1 N–H and O–H groups in total. The molecule has 0 aliphatic carbocycles. The first-order valence-electron chi connectivity index (χ1n) is 14.2. The Morgan fingerprint density at radius 2 is 1.30 bits per heavy atom. The van der Waals surface area contributed by atoms with Crippen LogP contribution in [0.1, 0.15) is 78.3 Å². The van der Waals surface area contributed by atoms with E-state index in [1.165, 1.54) is 25.3 Å². The first-order valence-corrected chi connectivity index (χ1v) is 14.2. The second-order valence-corrected chi connectivity index (χ2v) is 11.8. The molecule has 2 aromatic rings. The predicted octanol–water partition coefficient (Wildman–Crippen LogP) is 5.33. The molecule has 0 aromatic heterocycles. The van der Waals surface area contributed by atoms with Crippen molar-refractivity contribution in [1.29, 1.82) is 0 Å². The lowest BCUT2D eigenvalue weighted by molar-refractivity contribution is -0.933. The summed E-state index contributed by atoms with van der Waals surface area (Å²) in [4.78, 5) is 36.0. The fraction of sp³-hybridized carbons (Fsp3) is 0.531. The molecule has 0 spiro atoms. The van der Waals surface area contributed by atoms with Gasteiger partial charge < -0.3 is 24.0 Å². The van der Waals surface area contributed by atoms with E-state index in [-0.39, 0.29) is 24.1 Å². The minimum absolute atomic E-state index is 0.0716. The van der Waals surface area contributed by atoms with Gasteiger partial charge >= 0.3 is 18.0 Å². The molecule has 0 radical (unpaired) electrons. The second-order valence-electron chi connectivity index (χ2n) is 11.8. The summed E-state index contributed by atoms with van der Waals surface area (Å²) in [6.45, 7) is 9.60. The van der Waals surface area contributed by atoms with E-state index in [0.717, 1.165) is 69.2 Å². The van der Waals surface area contributed by atoms with Crippen molar-refractivity contribution in [3.63, 3.8) is 0 Å². The van der Waals surface area contributed by atoms with Crippen LogP contribution < -0.4 is 5.32 Å². The SMILES string of the molecule is COC(=O)c1ccc(CCC[N+]2(CCCc3ccc(C(=O)OC)cc3)CCCC(NC(=O)OC(C)(C)C)C2)cc1. The summed E-state index contributed by atoms with van der Waals surface area (Å²) in [6, 6.07) is 15.3. The Balaban J connectivity index is 1.64. The number of carbonyl (C=O) groups excluding carboxylic acids is 3. The third-order valence-electron chi connectivity index (χ3n) is 7.46. The highest BCUT2D eigenvalue weighted by Gasteiger charge is 2.35. The van der Waals surface area contributed by atoms with Crippen LogP contribution >= 0.6 is 0 Å². The fourth-order valence-corrected chi connectivity index (χ4v) is 5.52. The van der Waals surface area contributed by atoms with Crippen molar-refractivity contribution < 1.29 is 33.1 Å². The van der Waals surface area contributed by atoms with Gasteiger partial charge in [-0.1, -0.05) is 24.3 Å². The molecule has 0 saturated carbocycles. The van der Waals surface area contributed by atoms with Crippen molar-refractivity contribution in [2.75, 3.05) is 40.4 Å². The van der Waals surface area contributed by atoms with Crippen LogP contribution in [-0.4, -0.2) is 74.6 Å². The molecule has 2 aromatic carbocycles. The number of nitrogens with one attached hydrogen (secondary N) is 1. The highest BCUT2D eigenvalue weighted by Crippen LogP contribution is 2.23. The van der Waals surface area contributed by atoms with Gasteiger partial charge in [-0.15, -0.1) is 0 Å². The van der Waals surface area contributed by atoms with Gasteiger partial charge in [0.1, 0.15) is 5.60 Å². The van der Waals surface area contributed by atoms with Crippen molar-refractivity contribution in [2.45, 2.75) is 70.9 Å². The van der Waals surface area contributed by atoms with Crippen molar-refractivity contribution >= 4 is 18.0 Å². The Kier molecular flexibility index (Phi) is 11.1. The molecule has 1 saturated heterocycles. The molecule has 1 fully saturated rings. The number of likely N-dealkylation sites (tertiary alicyclic amines) is 1. The zero-order valence-corrected chi connectivity index (χ0v) is 24.7. The van der Waals surface area contributed by atoms with E-state index in [4.69, 9.17) is 14.2 Å². The van der Waals surface area contributed by atoms with Gasteiger partial charge in [0.15, 0.2) is 0 Å². The molecular formula is C32H45N2O6+. The van der Waals surface area contributed by atoms with Crippen LogP contribution in [-0.2, 0) is 27.1 Å². The summed E-state index contributed by atoms with van der Waals surface area (Å²) < 4.78 is 16.1. The summed E-state index contributed by atoms with van der Waals surface area (Å²) in [5.74, 6) is -0.652. The molecule has 1 aliphatic rings. The lowest BCUT2D eigenvalue weighted by Crippen LogP contribution is -2.60. The normalized spacial score (nSPS) is 16.6. The van der Waals surface area contributed by atoms with E-state index >= 15 is 0 Å². The molecule has 1 heterocycles. The topological polar surface area (TPSA) is 90.9 Å². The van der Waals surface area contributed by atoms with Gasteiger partial charge in [-0.2, -0.15) is 0 Å². The van der Waals surface area contributed by atoms with Crippen LogP contribution in [0.3, 0.4) is 0 Å². The number of methoxy groups -OCH3 is 2. The summed E-state index contributed by atoms with van der Waals surface area (Å²) in [5, 5.41) is 3.13. The summed E-state index contributed by atoms with van der Waals surface area (Å²) in [6.07, 6.45) is 5.48. The summed E-state index contributed by atoms with van der Waals surface area (Å²) >= 11 is 0. The number of amides is 1. The Morgan fingerprint density at radius 3 is 1.73 bits per heavy atom. The molecule has 1 unspecified atom stereocenters. The Morgan fingerprint density at radius 1 is 0.825 bits per heavy atom. The minimum atomic E-state index is -0.530. The highest BCUT2D eigenvalue weighted by atomic mass is 16.6. The number of hydrogen-bond acceptors (Lipinski definition) is 6. The second kappa shape index (κ2) is 14.3. The highest BCUT2D eigenvalue weighted by molar-refractivity contribution is 5.89. The molecule has 218 valence electrons. The number of nitrogens with zero attached hydrogens (tertiary/aromatic N) is 1. The van der Waals surface area contributed by atoms with Gasteiger partial charge in [0, 0.05) is 12.8 Å². The quantitative estimate of drug-likeness (QED) is 0.230. The number of hydrogen-bond donors (Lipinski definition) is 1. The van der Waals surface area contributed by atoms with Gasteiger partial charge in [0.2, 0.25) is 0 Å². The smallest absolute Gasteiger partial charge is 0.408 e. The van der Waals surface area contributed by atoms with Gasteiger partial charge in [-0.25, -0.2) is 14.4 Å². The molecule has 40 heavy (non-hydrogen) atoms. The standard InChI is InChI=1S/C32H44N2O6/c1-32(2,3)40-31(37)33-28-11-8-22-34(23-28,20-6-9-24-12-16-26(17-13-24)29(35)38-4)21-7-10-25-14-18-27(19-15-25)30(36)39-5/h12-19,28H,6-11,20-23H2,1-5H3/p+1. The zero-order valence-electron chi connectivity index (χ0n) is 24.7. The zero-order chi connectivity index (χ0) is 29.2. The molecule has 8 nitrogen and oxygen atoms in total. The van der Waals surface area contributed by atoms with Gasteiger partial charge in [0.05, 0.1) is 57.6 Å². The van der Waals surface area contributed by atoms with Crippen molar-refractivity contribution in [1.82, 2.24) is 5.32 Å². The third kappa shape index (κ3) is 9.66. The van der Waals surface area contributed by atoms with Gasteiger partial charge in [0.25, 0.3) is 0 Å². The van der Waals surface area contributed by atoms with E-state index in [2.05, 4.69) is 5.32 Å². The molecule has 3 rings (SSSR count). The molecular weight excluding hydrogens is 508 g/mol. The maximum Gasteiger partial charge on any atom is 0.408 e. The molecule has 1 aliphatic heterocycles. The number of carbonyl (C=O) groups is 3. The largest absolute Gasteiger partial charge is 0.465 e. The Bertz CT molecular complexity index is 1060. The number of alkyl carbamates (subject to hydrolysis) is 1. The number of quaternary nitrogens is 1. The average Bonchev–Trinajstić information content (AvgIpc) is 2.92. The Hall–Kier alpha value is -3.39.